The molecule has 1 aromatic carbocycles. The fraction of sp³-hybridized carbons (Fsp3) is 0.450. The van der Waals surface area contributed by atoms with Crippen molar-refractivity contribution < 1.29 is 9.90 Å². The van der Waals surface area contributed by atoms with Crippen LogP contribution in [-0.4, -0.2) is 10.9 Å². The highest BCUT2D eigenvalue weighted by Gasteiger charge is 2.46. The number of benzene rings is 1. The Kier molecular flexibility index (Phi) is 3.60. The Bertz CT molecular complexity index is 694. The molecule has 0 saturated heterocycles. The van der Waals surface area contributed by atoms with Crippen LogP contribution in [0.2, 0.25) is 0 Å². The second-order valence-electron chi connectivity index (χ2n) is 7.05. The normalized spacial score (nSPS) is 24.7. The number of carbonyl (C=O) groups is 1. The minimum Gasteiger partial charge on any atom is -0.377 e. The van der Waals surface area contributed by atoms with Crippen LogP contribution in [0.15, 0.2) is 29.9 Å². The molecular weight excluding hydrogens is 272 g/mol. The minimum atomic E-state index is -1.43. The lowest BCUT2D eigenvalue weighted by Gasteiger charge is -2.38. The van der Waals surface area contributed by atoms with Crippen LogP contribution in [0.1, 0.15) is 55.4 Å². The molecule has 3 rings (SSSR count). The molecule has 0 spiro atoms. The maximum Gasteiger partial charge on any atom is 0.195 e. The summed E-state index contributed by atoms with van der Waals surface area (Å²) >= 11 is 0. The smallest absolute Gasteiger partial charge is 0.195 e. The summed E-state index contributed by atoms with van der Waals surface area (Å²) in [6, 6.07) is 4.15. The molecule has 0 bridgehead atoms. The molecule has 1 aromatic rings. The quantitative estimate of drug-likeness (QED) is 0.793. The number of Topliss-reactive ketones (excluding diaryl/α,β-unsaturated/α-hetero) is 1. The van der Waals surface area contributed by atoms with Gasteiger partial charge in [-0.3, -0.25) is 4.79 Å². The molecule has 2 aliphatic carbocycles. The molecule has 116 valence electrons. The molecule has 22 heavy (non-hydrogen) atoms. The van der Waals surface area contributed by atoms with Gasteiger partial charge < -0.3 is 5.11 Å². The van der Waals surface area contributed by atoms with Crippen molar-refractivity contribution in [2.75, 3.05) is 0 Å². The molecule has 0 unspecified atom stereocenters. The van der Waals surface area contributed by atoms with E-state index in [-0.39, 0.29) is 11.7 Å². The largest absolute Gasteiger partial charge is 0.377 e. The van der Waals surface area contributed by atoms with Crippen molar-refractivity contribution in [3.8, 4) is 0 Å². The zero-order valence-corrected chi connectivity index (χ0v) is 13.7. The van der Waals surface area contributed by atoms with Crippen LogP contribution >= 0.6 is 0 Å². The summed E-state index contributed by atoms with van der Waals surface area (Å²) in [4.78, 5) is 13.0. The van der Waals surface area contributed by atoms with Gasteiger partial charge in [-0.1, -0.05) is 38.1 Å². The van der Waals surface area contributed by atoms with Gasteiger partial charge in [-0.05, 0) is 54.9 Å². The molecule has 1 atom stereocenters. The van der Waals surface area contributed by atoms with Crippen LogP contribution in [0, 0.1) is 12.8 Å². The van der Waals surface area contributed by atoms with E-state index in [9.17, 15) is 9.90 Å². The molecule has 2 heteroatoms. The molecule has 0 heterocycles. The maximum absolute atomic E-state index is 13.0. The van der Waals surface area contributed by atoms with Crippen molar-refractivity contribution in [1.29, 1.82) is 0 Å². The van der Waals surface area contributed by atoms with E-state index in [4.69, 9.17) is 0 Å². The van der Waals surface area contributed by atoms with Crippen LogP contribution in [0.5, 0.6) is 0 Å². The third kappa shape index (κ3) is 2.17. The third-order valence-electron chi connectivity index (χ3n) is 5.03. The first-order chi connectivity index (χ1) is 10.3. The summed E-state index contributed by atoms with van der Waals surface area (Å²) in [7, 11) is 0. The first-order valence-electron chi connectivity index (χ1n) is 8.13. The Balaban J connectivity index is 2.33. The first-order valence-corrected chi connectivity index (χ1v) is 8.13. The lowest BCUT2D eigenvalue weighted by molar-refractivity contribution is -0.135. The standard InChI is InChI=1S/C20H24O2/c1-12(2)17-10-15-9-8-14(4)16-7-5-6-13(3)11-20(22,18(15)16)19(17)21/h8-10,12,22H,3,5-7,11H2,1-2,4H3/t20-/m0/s1. The van der Waals surface area contributed by atoms with Crippen molar-refractivity contribution in [2.45, 2.75) is 52.1 Å². The first kappa shape index (κ1) is 15.2. The molecule has 0 fully saturated rings. The predicted molar refractivity (Wildman–Crippen MR) is 89.6 cm³/mol. The average molecular weight is 296 g/mol. The highest BCUT2D eigenvalue weighted by molar-refractivity contribution is 6.09. The van der Waals surface area contributed by atoms with E-state index >= 15 is 0 Å². The Labute approximate surface area is 132 Å². The van der Waals surface area contributed by atoms with Crippen LogP contribution < -0.4 is 0 Å². The molecule has 0 radical (unpaired) electrons. The summed E-state index contributed by atoms with van der Waals surface area (Å²) in [6.07, 6.45) is 5.12. The van der Waals surface area contributed by atoms with Gasteiger partial charge in [-0.15, -0.1) is 0 Å². The molecule has 0 aromatic heterocycles. The van der Waals surface area contributed by atoms with Gasteiger partial charge in [0.2, 0.25) is 0 Å². The van der Waals surface area contributed by atoms with Gasteiger partial charge >= 0.3 is 0 Å². The average Bonchev–Trinajstić information content (AvgIpc) is 2.43. The van der Waals surface area contributed by atoms with Crippen LogP contribution in [0.25, 0.3) is 6.08 Å². The van der Waals surface area contributed by atoms with Crippen LogP contribution in [-0.2, 0) is 16.8 Å². The van der Waals surface area contributed by atoms with E-state index in [1.807, 2.05) is 26.0 Å². The van der Waals surface area contributed by atoms with Gasteiger partial charge in [0.15, 0.2) is 11.4 Å². The van der Waals surface area contributed by atoms with Gasteiger partial charge in [0, 0.05) is 17.6 Å². The molecule has 0 aliphatic heterocycles. The van der Waals surface area contributed by atoms with Crippen molar-refractivity contribution >= 4 is 11.9 Å². The van der Waals surface area contributed by atoms with Gasteiger partial charge in [0.25, 0.3) is 0 Å². The highest BCUT2D eigenvalue weighted by atomic mass is 16.3. The highest BCUT2D eigenvalue weighted by Crippen LogP contribution is 2.45. The Morgan fingerprint density at radius 1 is 1.27 bits per heavy atom. The van der Waals surface area contributed by atoms with E-state index in [1.165, 1.54) is 5.56 Å². The van der Waals surface area contributed by atoms with Crippen LogP contribution in [0.3, 0.4) is 0 Å². The monoisotopic (exact) mass is 296 g/mol. The van der Waals surface area contributed by atoms with Gasteiger partial charge in [0.05, 0.1) is 0 Å². The second-order valence-corrected chi connectivity index (χ2v) is 7.05. The van der Waals surface area contributed by atoms with Gasteiger partial charge in [-0.2, -0.15) is 0 Å². The Morgan fingerprint density at radius 3 is 2.68 bits per heavy atom. The van der Waals surface area contributed by atoms with Gasteiger partial charge in [0.1, 0.15) is 0 Å². The molecular formula is C20H24O2. The number of rotatable bonds is 1. The van der Waals surface area contributed by atoms with Crippen molar-refractivity contribution in [2.24, 2.45) is 5.92 Å². The predicted octanol–water partition coefficient (Wildman–Crippen LogP) is 4.09. The summed E-state index contributed by atoms with van der Waals surface area (Å²) in [5.41, 5.74) is 4.42. The number of carbonyl (C=O) groups excluding carboxylic acids is 1. The zero-order chi connectivity index (χ0) is 16.1. The van der Waals surface area contributed by atoms with E-state index in [2.05, 4.69) is 19.6 Å². The third-order valence-corrected chi connectivity index (χ3v) is 5.03. The Hall–Kier alpha value is -1.67. The molecule has 2 aliphatic rings. The Morgan fingerprint density at radius 2 is 2.00 bits per heavy atom. The fourth-order valence-electron chi connectivity index (χ4n) is 3.85. The topological polar surface area (TPSA) is 37.3 Å². The number of aliphatic hydroxyl groups is 1. The molecule has 0 saturated carbocycles. The molecule has 2 nitrogen and oxygen atoms in total. The second kappa shape index (κ2) is 5.20. The van der Waals surface area contributed by atoms with E-state index in [0.29, 0.717) is 6.42 Å². The number of ketones is 1. The van der Waals surface area contributed by atoms with Crippen molar-refractivity contribution in [1.82, 2.24) is 0 Å². The fourth-order valence-corrected chi connectivity index (χ4v) is 3.85. The zero-order valence-electron chi connectivity index (χ0n) is 13.7. The number of hydrogen-bond donors (Lipinski definition) is 1. The summed E-state index contributed by atoms with van der Waals surface area (Å²) in [6.45, 7) is 10.2. The minimum absolute atomic E-state index is 0.105. The lowest BCUT2D eigenvalue weighted by Crippen LogP contribution is -2.42. The number of hydrogen-bond acceptors (Lipinski definition) is 2. The van der Waals surface area contributed by atoms with Crippen LogP contribution in [0.4, 0.5) is 0 Å². The van der Waals surface area contributed by atoms with Crippen molar-refractivity contribution in [3.63, 3.8) is 0 Å². The number of aryl methyl sites for hydroxylation is 1. The summed E-state index contributed by atoms with van der Waals surface area (Å²) in [5, 5.41) is 11.4. The summed E-state index contributed by atoms with van der Waals surface area (Å²) in [5.74, 6) is -0.0296. The molecule has 0 amide bonds. The lowest BCUT2D eigenvalue weighted by atomic mass is 9.68. The van der Waals surface area contributed by atoms with Gasteiger partial charge in [-0.25, -0.2) is 0 Å². The molecule has 1 N–H and O–H groups in total. The van der Waals surface area contributed by atoms with E-state index in [1.54, 1.807) is 0 Å². The maximum atomic E-state index is 13.0. The van der Waals surface area contributed by atoms with Crippen molar-refractivity contribution in [3.05, 3.63) is 52.1 Å². The SMILES string of the molecule is C=C1CCCc2c(C)ccc3c2[C@@](O)(C1)C(=O)C(C(C)C)=C3. The van der Waals surface area contributed by atoms with E-state index < -0.39 is 5.60 Å². The summed E-state index contributed by atoms with van der Waals surface area (Å²) < 4.78 is 0. The van der Waals surface area contributed by atoms with E-state index in [0.717, 1.165) is 47.1 Å².